The van der Waals surface area contributed by atoms with Gasteiger partial charge in [-0.25, -0.2) is 9.97 Å². The van der Waals surface area contributed by atoms with Gasteiger partial charge in [0.15, 0.2) is 0 Å². The predicted molar refractivity (Wildman–Crippen MR) is 62.3 cm³/mol. The van der Waals surface area contributed by atoms with Crippen molar-refractivity contribution in [3.8, 4) is 0 Å². The number of halogens is 1. The quantitative estimate of drug-likeness (QED) is 0.827. The molecule has 0 bridgehead atoms. The largest absolute Gasteiger partial charge is 0.364 e. The minimum Gasteiger partial charge on any atom is -0.364 e. The van der Waals surface area contributed by atoms with E-state index in [4.69, 9.17) is 11.6 Å². The maximum absolute atomic E-state index is 5.90. The molecule has 0 aromatic carbocycles. The number of hydrogen-bond donors (Lipinski definition) is 1. The molecule has 0 aliphatic heterocycles. The Labute approximate surface area is 98.5 Å². The first-order valence-electron chi connectivity index (χ1n) is 4.86. The van der Waals surface area contributed by atoms with Gasteiger partial charge in [-0.2, -0.15) is 5.10 Å². The van der Waals surface area contributed by atoms with E-state index in [9.17, 15) is 0 Å². The minimum absolute atomic E-state index is 0.475. The lowest BCUT2D eigenvalue weighted by Gasteiger charge is -2.08. The molecule has 16 heavy (non-hydrogen) atoms. The van der Waals surface area contributed by atoms with Crippen LogP contribution in [0.4, 0.5) is 5.82 Å². The summed E-state index contributed by atoms with van der Waals surface area (Å²) >= 11 is 5.90. The predicted octanol–water partition coefficient (Wildman–Crippen LogP) is 1.78. The van der Waals surface area contributed by atoms with Crippen molar-refractivity contribution in [3.63, 3.8) is 0 Å². The molecule has 6 heteroatoms. The Morgan fingerprint density at radius 2 is 2.25 bits per heavy atom. The van der Waals surface area contributed by atoms with Gasteiger partial charge in [0.05, 0.1) is 12.2 Å². The molecule has 0 saturated carbocycles. The van der Waals surface area contributed by atoms with Gasteiger partial charge in [-0.3, -0.25) is 4.68 Å². The minimum atomic E-state index is 0.475. The summed E-state index contributed by atoms with van der Waals surface area (Å²) < 4.78 is 1.81. The zero-order valence-electron chi connectivity index (χ0n) is 9.11. The molecule has 0 fully saturated rings. The topological polar surface area (TPSA) is 55.6 Å². The van der Waals surface area contributed by atoms with Gasteiger partial charge in [0, 0.05) is 18.8 Å². The third kappa shape index (κ3) is 2.14. The molecule has 1 N–H and O–H groups in total. The van der Waals surface area contributed by atoms with Gasteiger partial charge in [0.2, 0.25) is 0 Å². The Morgan fingerprint density at radius 1 is 1.44 bits per heavy atom. The fourth-order valence-corrected chi connectivity index (χ4v) is 1.49. The van der Waals surface area contributed by atoms with E-state index in [1.54, 1.807) is 6.20 Å². The Hall–Kier alpha value is -1.62. The van der Waals surface area contributed by atoms with E-state index in [1.807, 2.05) is 24.7 Å². The first-order chi connectivity index (χ1) is 7.68. The van der Waals surface area contributed by atoms with Crippen LogP contribution in [0.1, 0.15) is 11.3 Å². The Balaban J connectivity index is 2.11. The molecular weight excluding hydrogens is 226 g/mol. The molecule has 0 spiro atoms. The number of rotatable bonds is 3. The van der Waals surface area contributed by atoms with Crippen LogP contribution in [-0.4, -0.2) is 19.7 Å². The number of nitrogens with zero attached hydrogens (tertiary/aromatic N) is 4. The first-order valence-corrected chi connectivity index (χ1v) is 5.24. The highest BCUT2D eigenvalue weighted by atomic mass is 35.5. The lowest BCUT2D eigenvalue weighted by Crippen LogP contribution is -2.08. The molecule has 2 rings (SSSR count). The van der Waals surface area contributed by atoms with Crippen LogP contribution in [0.25, 0.3) is 0 Å². The second kappa shape index (κ2) is 4.49. The van der Waals surface area contributed by atoms with Crippen LogP contribution in [0, 0.1) is 6.92 Å². The van der Waals surface area contributed by atoms with Crippen molar-refractivity contribution in [3.05, 3.63) is 35.0 Å². The van der Waals surface area contributed by atoms with Crippen molar-refractivity contribution >= 4 is 17.4 Å². The molecule has 0 saturated heterocycles. The molecule has 0 radical (unpaired) electrons. The number of aryl methyl sites for hydroxylation is 1. The molecule has 2 aromatic heterocycles. The summed E-state index contributed by atoms with van der Waals surface area (Å²) in [6.07, 6.45) is 3.21. The highest BCUT2D eigenvalue weighted by molar-refractivity contribution is 6.30. The average molecular weight is 238 g/mol. The van der Waals surface area contributed by atoms with Crippen molar-refractivity contribution in [1.29, 1.82) is 0 Å². The van der Waals surface area contributed by atoms with Crippen molar-refractivity contribution in [2.45, 2.75) is 13.5 Å². The Kier molecular flexibility index (Phi) is 3.05. The highest BCUT2D eigenvalue weighted by Crippen LogP contribution is 2.18. The second-order valence-electron chi connectivity index (χ2n) is 3.44. The van der Waals surface area contributed by atoms with E-state index in [2.05, 4.69) is 20.4 Å². The van der Waals surface area contributed by atoms with E-state index < -0.39 is 0 Å². The molecule has 0 amide bonds. The molecule has 5 nitrogen and oxygen atoms in total. The van der Waals surface area contributed by atoms with Crippen LogP contribution in [0.3, 0.4) is 0 Å². The van der Waals surface area contributed by atoms with Gasteiger partial charge in [-0.15, -0.1) is 0 Å². The first kappa shape index (κ1) is 10.9. The smallest absolute Gasteiger partial charge is 0.137 e. The fraction of sp³-hybridized carbons (Fsp3) is 0.300. The standard InChI is InChI=1S/C10H12ClN5/c1-7-9(11)13-6-14-10(7)12-5-8-3-4-15-16(8)2/h3-4,6H,5H2,1-2H3,(H,12,13,14). The van der Waals surface area contributed by atoms with Gasteiger partial charge in [0.25, 0.3) is 0 Å². The molecule has 0 atom stereocenters. The van der Waals surface area contributed by atoms with Gasteiger partial charge in [0.1, 0.15) is 17.3 Å². The van der Waals surface area contributed by atoms with E-state index in [-0.39, 0.29) is 0 Å². The van der Waals surface area contributed by atoms with E-state index in [0.29, 0.717) is 11.7 Å². The van der Waals surface area contributed by atoms with Crippen molar-refractivity contribution in [1.82, 2.24) is 19.7 Å². The average Bonchev–Trinajstić information content (AvgIpc) is 2.67. The van der Waals surface area contributed by atoms with Crippen LogP contribution in [0.15, 0.2) is 18.6 Å². The van der Waals surface area contributed by atoms with Crippen LogP contribution < -0.4 is 5.32 Å². The van der Waals surface area contributed by atoms with E-state index in [0.717, 1.165) is 17.1 Å². The number of nitrogens with one attached hydrogen (secondary N) is 1. The molecule has 2 aromatic rings. The number of anilines is 1. The van der Waals surface area contributed by atoms with Gasteiger partial charge >= 0.3 is 0 Å². The molecule has 0 aliphatic carbocycles. The summed E-state index contributed by atoms with van der Waals surface area (Å²) in [5, 5.41) is 7.76. The summed E-state index contributed by atoms with van der Waals surface area (Å²) in [7, 11) is 1.90. The number of hydrogen-bond acceptors (Lipinski definition) is 4. The summed E-state index contributed by atoms with van der Waals surface area (Å²) in [6.45, 7) is 2.54. The van der Waals surface area contributed by atoms with Crippen molar-refractivity contribution in [2.24, 2.45) is 7.05 Å². The molecule has 2 heterocycles. The Bertz CT molecular complexity index is 494. The van der Waals surface area contributed by atoms with E-state index in [1.165, 1.54) is 6.33 Å². The Morgan fingerprint density at radius 3 is 2.94 bits per heavy atom. The van der Waals surface area contributed by atoms with Crippen LogP contribution in [0.5, 0.6) is 0 Å². The van der Waals surface area contributed by atoms with Crippen molar-refractivity contribution < 1.29 is 0 Å². The normalized spacial score (nSPS) is 10.4. The zero-order valence-corrected chi connectivity index (χ0v) is 9.86. The van der Waals surface area contributed by atoms with Gasteiger partial charge in [-0.05, 0) is 13.0 Å². The van der Waals surface area contributed by atoms with E-state index >= 15 is 0 Å². The summed E-state index contributed by atoms with van der Waals surface area (Å²) in [6, 6.07) is 1.95. The SMILES string of the molecule is Cc1c(Cl)ncnc1NCc1ccnn1C. The monoisotopic (exact) mass is 237 g/mol. The highest BCUT2D eigenvalue weighted by Gasteiger charge is 2.05. The summed E-state index contributed by atoms with van der Waals surface area (Å²) in [5.41, 5.74) is 1.93. The fourth-order valence-electron chi connectivity index (χ4n) is 1.36. The molecular formula is C10H12ClN5. The zero-order chi connectivity index (χ0) is 11.5. The summed E-state index contributed by atoms with van der Waals surface area (Å²) in [4.78, 5) is 8.03. The lowest BCUT2D eigenvalue weighted by atomic mass is 10.3. The lowest BCUT2D eigenvalue weighted by molar-refractivity contribution is 0.719. The maximum atomic E-state index is 5.90. The molecule has 0 aliphatic rings. The molecule has 84 valence electrons. The summed E-state index contributed by atoms with van der Waals surface area (Å²) in [5.74, 6) is 0.751. The van der Waals surface area contributed by atoms with Crippen LogP contribution in [-0.2, 0) is 13.6 Å². The van der Waals surface area contributed by atoms with Crippen LogP contribution in [0.2, 0.25) is 5.15 Å². The maximum Gasteiger partial charge on any atom is 0.137 e. The second-order valence-corrected chi connectivity index (χ2v) is 3.80. The van der Waals surface area contributed by atoms with Gasteiger partial charge < -0.3 is 5.32 Å². The number of aromatic nitrogens is 4. The van der Waals surface area contributed by atoms with Crippen LogP contribution >= 0.6 is 11.6 Å². The van der Waals surface area contributed by atoms with Gasteiger partial charge in [-0.1, -0.05) is 11.6 Å². The third-order valence-electron chi connectivity index (χ3n) is 2.38. The molecule has 0 unspecified atom stereocenters. The third-order valence-corrected chi connectivity index (χ3v) is 2.76. The van der Waals surface area contributed by atoms with Crippen molar-refractivity contribution in [2.75, 3.05) is 5.32 Å².